The van der Waals surface area contributed by atoms with Crippen molar-refractivity contribution in [3.8, 4) is 0 Å². The fourth-order valence-electron chi connectivity index (χ4n) is 3.44. The average Bonchev–Trinajstić information content (AvgIpc) is 2.98. The second-order valence-electron chi connectivity index (χ2n) is 6.41. The molecule has 3 N–H and O–H groups in total. The van der Waals surface area contributed by atoms with E-state index < -0.39 is 5.97 Å². The highest BCUT2D eigenvalue weighted by atomic mass is 16.4. The number of rotatable bonds is 7. The Kier molecular flexibility index (Phi) is 5.33. The molecular formula is C18H25N5O2. The molecular weight excluding hydrogens is 318 g/mol. The van der Waals surface area contributed by atoms with Gasteiger partial charge >= 0.3 is 5.97 Å². The van der Waals surface area contributed by atoms with Crippen LogP contribution in [0.4, 0.5) is 5.69 Å². The SMILES string of the molecule is CCn1nc(C(=O)O)c2c1CC[C@H](NCCNc1ccncc1C)C2. The number of anilines is 1. The van der Waals surface area contributed by atoms with Crippen molar-refractivity contribution in [1.29, 1.82) is 0 Å². The van der Waals surface area contributed by atoms with Crippen LogP contribution in [0, 0.1) is 6.92 Å². The second-order valence-corrected chi connectivity index (χ2v) is 6.41. The molecule has 7 heteroatoms. The highest BCUT2D eigenvalue weighted by Crippen LogP contribution is 2.25. The van der Waals surface area contributed by atoms with Gasteiger partial charge in [0, 0.05) is 55.0 Å². The number of aromatic carboxylic acids is 1. The summed E-state index contributed by atoms with van der Waals surface area (Å²) < 4.78 is 1.84. The van der Waals surface area contributed by atoms with Crippen molar-refractivity contribution in [1.82, 2.24) is 20.1 Å². The molecule has 0 aliphatic heterocycles. The topological polar surface area (TPSA) is 92.1 Å². The van der Waals surface area contributed by atoms with E-state index in [1.165, 1.54) is 0 Å². The molecule has 0 saturated carbocycles. The van der Waals surface area contributed by atoms with Crippen molar-refractivity contribution in [2.24, 2.45) is 0 Å². The molecule has 0 bridgehead atoms. The minimum Gasteiger partial charge on any atom is -0.476 e. The summed E-state index contributed by atoms with van der Waals surface area (Å²) in [6, 6.07) is 2.26. The summed E-state index contributed by atoms with van der Waals surface area (Å²) in [5, 5.41) is 20.6. The number of pyridine rings is 1. The van der Waals surface area contributed by atoms with Gasteiger partial charge in [-0.1, -0.05) is 0 Å². The lowest BCUT2D eigenvalue weighted by atomic mass is 9.91. The van der Waals surface area contributed by atoms with E-state index in [0.29, 0.717) is 12.6 Å². The van der Waals surface area contributed by atoms with Gasteiger partial charge in [0.1, 0.15) is 0 Å². The van der Waals surface area contributed by atoms with E-state index in [1.54, 1.807) is 6.20 Å². The molecule has 2 aromatic rings. The zero-order valence-corrected chi connectivity index (χ0v) is 14.7. The summed E-state index contributed by atoms with van der Waals surface area (Å²) in [6.45, 7) is 6.38. The largest absolute Gasteiger partial charge is 0.476 e. The quantitative estimate of drug-likeness (QED) is 0.665. The van der Waals surface area contributed by atoms with Crippen LogP contribution in [0.5, 0.6) is 0 Å². The Hall–Kier alpha value is -2.41. The van der Waals surface area contributed by atoms with Crippen LogP contribution >= 0.6 is 0 Å². The van der Waals surface area contributed by atoms with Crippen LogP contribution in [0.25, 0.3) is 0 Å². The third kappa shape index (κ3) is 3.82. The van der Waals surface area contributed by atoms with Crippen molar-refractivity contribution in [3.05, 3.63) is 41.0 Å². The van der Waals surface area contributed by atoms with E-state index in [1.807, 2.05) is 30.8 Å². The van der Waals surface area contributed by atoms with Gasteiger partial charge in [0.25, 0.3) is 0 Å². The maximum atomic E-state index is 11.4. The Morgan fingerprint density at radius 3 is 3.00 bits per heavy atom. The monoisotopic (exact) mass is 343 g/mol. The standard InChI is InChI=1S/C18H25N5O2/c1-3-23-16-5-4-13(10-14(16)17(22-23)18(24)25)20-8-9-21-15-6-7-19-11-12(15)2/h6-7,11,13,20H,3-5,8-10H2,1-2H3,(H,19,21)(H,24,25)/t13-/m0/s1. The highest BCUT2D eigenvalue weighted by Gasteiger charge is 2.28. The Morgan fingerprint density at radius 2 is 2.28 bits per heavy atom. The zero-order chi connectivity index (χ0) is 17.8. The average molecular weight is 343 g/mol. The van der Waals surface area contributed by atoms with Gasteiger partial charge in [-0.3, -0.25) is 9.67 Å². The van der Waals surface area contributed by atoms with E-state index in [4.69, 9.17) is 0 Å². The van der Waals surface area contributed by atoms with Crippen LogP contribution in [0.1, 0.15) is 40.7 Å². The minimum absolute atomic E-state index is 0.217. The lowest BCUT2D eigenvalue weighted by Crippen LogP contribution is -2.37. The minimum atomic E-state index is -0.932. The van der Waals surface area contributed by atoms with E-state index in [-0.39, 0.29) is 5.69 Å². The van der Waals surface area contributed by atoms with Gasteiger partial charge in [0.05, 0.1) is 0 Å². The predicted molar refractivity (Wildman–Crippen MR) is 96.1 cm³/mol. The van der Waals surface area contributed by atoms with Gasteiger partial charge in [-0.25, -0.2) is 4.79 Å². The fraction of sp³-hybridized carbons (Fsp3) is 0.500. The molecule has 2 aromatic heterocycles. The van der Waals surface area contributed by atoms with E-state index in [2.05, 4.69) is 20.7 Å². The summed E-state index contributed by atoms with van der Waals surface area (Å²) in [7, 11) is 0. The molecule has 2 heterocycles. The Balaban J connectivity index is 1.55. The number of nitrogens with one attached hydrogen (secondary N) is 2. The summed E-state index contributed by atoms with van der Waals surface area (Å²) in [6.07, 6.45) is 6.23. The number of hydrogen-bond acceptors (Lipinski definition) is 5. The third-order valence-corrected chi connectivity index (χ3v) is 4.74. The first kappa shape index (κ1) is 17.4. The zero-order valence-electron chi connectivity index (χ0n) is 14.7. The molecule has 0 fully saturated rings. The number of carboxylic acids is 1. The van der Waals surface area contributed by atoms with Crippen LogP contribution in [-0.2, 0) is 19.4 Å². The number of hydrogen-bond donors (Lipinski definition) is 3. The Bertz CT molecular complexity index is 756. The van der Waals surface area contributed by atoms with Crippen LogP contribution in [-0.4, -0.2) is 45.0 Å². The second kappa shape index (κ2) is 7.65. The van der Waals surface area contributed by atoms with E-state index >= 15 is 0 Å². The summed E-state index contributed by atoms with van der Waals surface area (Å²) in [4.78, 5) is 15.5. The molecule has 1 aliphatic carbocycles. The molecule has 0 saturated heterocycles. The molecule has 0 spiro atoms. The smallest absolute Gasteiger partial charge is 0.356 e. The number of carboxylic acid groups (broad SMARTS) is 1. The number of aryl methyl sites for hydroxylation is 2. The van der Waals surface area contributed by atoms with Crippen molar-refractivity contribution in [3.63, 3.8) is 0 Å². The molecule has 134 valence electrons. The Labute approximate surface area is 147 Å². The number of nitrogens with zero attached hydrogens (tertiary/aromatic N) is 3. The maximum Gasteiger partial charge on any atom is 0.356 e. The number of fused-ring (bicyclic) bond motifs is 1. The first-order valence-electron chi connectivity index (χ1n) is 8.79. The highest BCUT2D eigenvalue weighted by molar-refractivity contribution is 5.87. The lowest BCUT2D eigenvalue weighted by Gasteiger charge is -2.24. The van der Waals surface area contributed by atoms with Gasteiger partial charge in [0.2, 0.25) is 0 Å². The predicted octanol–water partition coefficient (Wildman–Crippen LogP) is 1.86. The summed E-state index contributed by atoms with van der Waals surface area (Å²) in [5.41, 5.74) is 4.43. The molecule has 25 heavy (non-hydrogen) atoms. The van der Waals surface area contributed by atoms with Crippen molar-refractivity contribution >= 4 is 11.7 Å². The molecule has 0 aromatic carbocycles. The van der Waals surface area contributed by atoms with Gasteiger partial charge in [-0.05, 0) is 44.7 Å². The summed E-state index contributed by atoms with van der Waals surface area (Å²) in [5.74, 6) is -0.932. The van der Waals surface area contributed by atoms with Crippen LogP contribution in [0.2, 0.25) is 0 Å². The normalized spacial score (nSPS) is 16.5. The van der Waals surface area contributed by atoms with Gasteiger partial charge < -0.3 is 15.7 Å². The number of carbonyl (C=O) groups is 1. The molecule has 1 atom stereocenters. The first-order chi connectivity index (χ1) is 12.1. The van der Waals surface area contributed by atoms with Crippen LogP contribution in [0.3, 0.4) is 0 Å². The molecule has 3 rings (SSSR count). The molecule has 0 amide bonds. The fourth-order valence-corrected chi connectivity index (χ4v) is 3.44. The lowest BCUT2D eigenvalue weighted by molar-refractivity contribution is 0.0688. The van der Waals surface area contributed by atoms with Gasteiger partial charge in [-0.15, -0.1) is 0 Å². The van der Waals surface area contributed by atoms with Gasteiger partial charge in [0.15, 0.2) is 5.69 Å². The Morgan fingerprint density at radius 1 is 1.44 bits per heavy atom. The van der Waals surface area contributed by atoms with E-state index in [0.717, 1.165) is 54.9 Å². The first-order valence-corrected chi connectivity index (χ1v) is 8.79. The van der Waals surface area contributed by atoms with Gasteiger partial charge in [-0.2, -0.15) is 5.10 Å². The third-order valence-electron chi connectivity index (χ3n) is 4.74. The molecule has 0 unspecified atom stereocenters. The summed E-state index contributed by atoms with van der Waals surface area (Å²) >= 11 is 0. The van der Waals surface area contributed by atoms with Crippen LogP contribution < -0.4 is 10.6 Å². The van der Waals surface area contributed by atoms with Crippen LogP contribution in [0.15, 0.2) is 18.5 Å². The maximum absolute atomic E-state index is 11.4. The van der Waals surface area contributed by atoms with E-state index in [9.17, 15) is 9.90 Å². The number of aromatic nitrogens is 3. The van der Waals surface area contributed by atoms with Crippen molar-refractivity contribution in [2.75, 3.05) is 18.4 Å². The molecule has 1 aliphatic rings. The van der Waals surface area contributed by atoms with Crippen molar-refractivity contribution < 1.29 is 9.90 Å². The van der Waals surface area contributed by atoms with Crippen molar-refractivity contribution in [2.45, 2.75) is 45.7 Å². The molecule has 0 radical (unpaired) electrons. The molecule has 7 nitrogen and oxygen atoms in total.